The van der Waals surface area contributed by atoms with Crippen molar-refractivity contribution < 1.29 is 9.84 Å². The fraction of sp³-hybridized carbons (Fsp3) is 0.571. The lowest BCUT2D eigenvalue weighted by Crippen LogP contribution is -2.32. The van der Waals surface area contributed by atoms with Gasteiger partial charge in [0.25, 0.3) is 0 Å². The van der Waals surface area contributed by atoms with Gasteiger partial charge >= 0.3 is 0 Å². The van der Waals surface area contributed by atoms with Crippen molar-refractivity contribution in [2.45, 2.75) is 38.7 Å². The summed E-state index contributed by atoms with van der Waals surface area (Å²) >= 11 is 0. The third-order valence-electron chi connectivity index (χ3n) is 3.04. The smallest absolute Gasteiger partial charge is 0.119 e. The van der Waals surface area contributed by atoms with Gasteiger partial charge in [0.1, 0.15) is 5.75 Å². The molecule has 0 radical (unpaired) electrons. The van der Waals surface area contributed by atoms with Crippen LogP contribution in [0.5, 0.6) is 5.75 Å². The number of hydrogen-bond acceptors (Lipinski definition) is 3. The van der Waals surface area contributed by atoms with Gasteiger partial charge in [-0.25, -0.2) is 0 Å². The van der Waals surface area contributed by atoms with E-state index in [1.807, 2.05) is 38.1 Å². The molecule has 0 heterocycles. The van der Waals surface area contributed by atoms with Gasteiger partial charge in [-0.3, -0.25) is 0 Å². The third-order valence-corrected chi connectivity index (χ3v) is 3.04. The monoisotopic (exact) mass is 237 g/mol. The third kappa shape index (κ3) is 3.72. The summed E-state index contributed by atoms with van der Waals surface area (Å²) in [6.45, 7) is 6.75. The second-order valence-electron chi connectivity index (χ2n) is 4.93. The highest BCUT2D eigenvalue weighted by molar-refractivity contribution is 5.32. The summed E-state index contributed by atoms with van der Waals surface area (Å²) in [5.41, 5.74) is 6.78. The van der Waals surface area contributed by atoms with Crippen LogP contribution in [0.3, 0.4) is 0 Å². The summed E-state index contributed by atoms with van der Waals surface area (Å²) in [7, 11) is 0. The van der Waals surface area contributed by atoms with Crippen LogP contribution in [0, 0.1) is 0 Å². The van der Waals surface area contributed by atoms with Crippen molar-refractivity contribution in [3.05, 3.63) is 29.8 Å². The molecule has 1 aromatic rings. The minimum atomic E-state index is -0.162. The fourth-order valence-corrected chi connectivity index (χ4v) is 1.82. The van der Waals surface area contributed by atoms with E-state index in [2.05, 4.69) is 6.92 Å². The summed E-state index contributed by atoms with van der Waals surface area (Å²) in [6, 6.07) is 7.97. The largest absolute Gasteiger partial charge is 0.491 e. The van der Waals surface area contributed by atoms with Gasteiger partial charge in [-0.2, -0.15) is 0 Å². The van der Waals surface area contributed by atoms with Gasteiger partial charge in [-0.1, -0.05) is 19.1 Å². The molecule has 0 aliphatic carbocycles. The van der Waals surface area contributed by atoms with Crippen molar-refractivity contribution in [2.24, 2.45) is 5.73 Å². The van der Waals surface area contributed by atoms with E-state index in [0.717, 1.165) is 11.3 Å². The lowest BCUT2D eigenvalue weighted by molar-refractivity contribution is 0.241. The maximum atomic E-state index is 9.09. The van der Waals surface area contributed by atoms with E-state index in [-0.39, 0.29) is 18.1 Å². The molecule has 0 amide bonds. The number of benzene rings is 1. The SMILES string of the molecule is CC(C)Oc1ccc(C(C)(CN)CCO)cc1. The summed E-state index contributed by atoms with van der Waals surface area (Å²) in [4.78, 5) is 0. The zero-order valence-electron chi connectivity index (χ0n) is 10.9. The van der Waals surface area contributed by atoms with Crippen LogP contribution < -0.4 is 10.5 Å². The summed E-state index contributed by atoms with van der Waals surface area (Å²) in [5, 5.41) is 9.09. The second-order valence-corrected chi connectivity index (χ2v) is 4.93. The maximum Gasteiger partial charge on any atom is 0.119 e. The highest BCUT2D eigenvalue weighted by Gasteiger charge is 2.24. The van der Waals surface area contributed by atoms with Gasteiger partial charge < -0.3 is 15.6 Å². The van der Waals surface area contributed by atoms with Crippen LogP contribution in [0.15, 0.2) is 24.3 Å². The molecule has 1 unspecified atom stereocenters. The van der Waals surface area contributed by atoms with Crippen LogP contribution in [-0.4, -0.2) is 24.4 Å². The Morgan fingerprint density at radius 1 is 1.29 bits per heavy atom. The molecule has 0 saturated carbocycles. The first-order valence-corrected chi connectivity index (χ1v) is 6.10. The molecule has 3 heteroatoms. The van der Waals surface area contributed by atoms with Gasteiger partial charge in [0.05, 0.1) is 6.10 Å². The quantitative estimate of drug-likeness (QED) is 0.796. The first-order chi connectivity index (χ1) is 8.01. The molecule has 1 rings (SSSR count). The molecule has 3 N–H and O–H groups in total. The Balaban J connectivity index is 2.85. The number of aliphatic hydroxyl groups is 1. The average Bonchev–Trinajstić information content (AvgIpc) is 2.29. The second kappa shape index (κ2) is 6.03. The van der Waals surface area contributed by atoms with Gasteiger partial charge in [0.2, 0.25) is 0 Å². The van der Waals surface area contributed by atoms with Gasteiger partial charge in [0, 0.05) is 18.6 Å². The van der Waals surface area contributed by atoms with Gasteiger partial charge in [-0.05, 0) is 38.0 Å². The minimum Gasteiger partial charge on any atom is -0.491 e. The van der Waals surface area contributed by atoms with Crippen molar-refractivity contribution in [3.8, 4) is 5.75 Å². The molecule has 0 saturated heterocycles. The Hall–Kier alpha value is -1.06. The van der Waals surface area contributed by atoms with E-state index in [4.69, 9.17) is 15.6 Å². The van der Waals surface area contributed by atoms with Crippen LogP contribution in [0.1, 0.15) is 32.8 Å². The Morgan fingerprint density at radius 3 is 2.29 bits per heavy atom. The molecule has 17 heavy (non-hydrogen) atoms. The molecular weight excluding hydrogens is 214 g/mol. The van der Waals surface area contributed by atoms with Crippen molar-refractivity contribution in [1.29, 1.82) is 0 Å². The molecule has 0 aliphatic heterocycles. The van der Waals surface area contributed by atoms with Crippen molar-refractivity contribution in [1.82, 2.24) is 0 Å². The fourth-order valence-electron chi connectivity index (χ4n) is 1.82. The molecule has 1 atom stereocenters. The number of aliphatic hydroxyl groups excluding tert-OH is 1. The van der Waals surface area contributed by atoms with Crippen molar-refractivity contribution >= 4 is 0 Å². The van der Waals surface area contributed by atoms with E-state index in [1.54, 1.807) is 0 Å². The standard InChI is InChI=1S/C14H23NO2/c1-11(2)17-13-6-4-12(5-7-13)14(3,10-15)8-9-16/h4-7,11,16H,8-10,15H2,1-3H3. The molecule has 0 bridgehead atoms. The van der Waals surface area contributed by atoms with Crippen LogP contribution in [0.4, 0.5) is 0 Å². The molecule has 0 aliphatic rings. The number of ether oxygens (including phenoxy) is 1. The van der Waals surface area contributed by atoms with Gasteiger partial charge in [-0.15, -0.1) is 0 Å². The normalized spacial score (nSPS) is 14.7. The maximum absolute atomic E-state index is 9.09. The Kier molecular flexibility index (Phi) is 4.97. The van der Waals surface area contributed by atoms with Crippen molar-refractivity contribution in [3.63, 3.8) is 0 Å². The Labute approximate surface area is 104 Å². The summed E-state index contributed by atoms with van der Waals surface area (Å²) in [6.07, 6.45) is 0.854. The van der Waals surface area contributed by atoms with E-state index < -0.39 is 0 Å². The zero-order valence-corrected chi connectivity index (χ0v) is 10.9. The molecule has 1 aromatic carbocycles. The van der Waals surface area contributed by atoms with Crippen LogP contribution in [-0.2, 0) is 5.41 Å². The molecule has 0 spiro atoms. The molecule has 0 fully saturated rings. The molecule has 96 valence electrons. The van der Waals surface area contributed by atoms with Crippen LogP contribution in [0.25, 0.3) is 0 Å². The zero-order chi connectivity index (χ0) is 12.9. The van der Waals surface area contributed by atoms with E-state index in [1.165, 1.54) is 0 Å². The number of nitrogens with two attached hydrogens (primary N) is 1. The number of hydrogen-bond donors (Lipinski definition) is 2. The predicted octanol–water partition coefficient (Wildman–Crippen LogP) is 2.07. The van der Waals surface area contributed by atoms with E-state index in [0.29, 0.717) is 13.0 Å². The summed E-state index contributed by atoms with van der Waals surface area (Å²) < 4.78 is 5.59. The number of rotatable bonds is 6. The molecule has 3 nitrogen and oxygen atoms in total. The Bertz CT molecular complexity index is 335. The first kappa shape index (κ1) is 14.0. The van der Waals surface area contributed by atoms with Crippen LogP contribution >= 0.6 is 0 Å². The summed E-state index contributed by atoms with van der Waals surface area (Å²) in [5.74, 6) is 0.868. The first-order valence-electron chi connectivity index (χ1n) is 6.10. The van der Waals surface area contributed by atoms with E-state index >= 15 is 0 Å². The predicted molar refractivity (Wildman–Crippen MR) is 70.3 cm³/mol. The highest BCUT2D eigenvalue weighted by atomic mass is 16.5. The molecular formula is C14H23NO2. The van der Waals surface area contributed by atoms with E-state index in [9.17, 15) is 0 Å². The van der Waals surface area contributed by atoms with Crippen molar-refractivity contribution in [2.75, 3.05) is 13.2 Å². The van der Waals surface area contributed by atoms with Gasteiger partial charge in [0.15, 0.2) is 0 Å². The highest BCUT2D eigenvalue weighted by Crippen LogP contribution is 2.28. The lowest BCUT2D eigenvalue weighted by atomic mass is 9.80. The topological polar surface area (TPSA) is 55.5 Å². The minimum absolute atomic E-state index is 0.151. The van der Waals surface area contributed by atoms with Crippen LogP contribution in [0.2, 0.25) is 0 Å². The average molecular weight is 237 g/mol. The molecule has 0 aromatic heterocycles. The Morgan fingerprint density at radius 2 is 1.88 bits per heavy atom. The lowest BCUT2D eigenvalue weighted by Gasteiger charge is -2.28.